The van der Waals surface area contributed by atoms with E-state index in [1.54, 1.807) is 6.92 Å². The van der Waals surface area contributed by atoms with Crippen LogP contribution in [0.2, 0.25) is 0 Å². The minimum Gasteiger partial charge on any atom is -0.481 e. The van der Waals surface area contributed by atoms with Crippen LogP contribution >= 0.6 is 0 Å². The second-order valence-corrected chi connectivity index (χ2v) is 3.41. The average molecular weight is 156 g/mol. The van der Waals surface area contributed by atoms with Gasteiger partial charge in [0.2, 0.25) is 0 Å². The highest BCUT2D eigenvalue weighted by molar-refractivity contribution is 5.89. The Labute approximate surface area is 65.4 Å². The lowest BCUT2D eigenvalue weighted by molar-refractivity contribution is -0.142. The lowest BCUT2D eigenvalue weighted by Crippen LogP contribution is -2.24. The van der Waals surface area contributed by atoms with Crippen LogP contribution in [-0.4, -0.2) is 16.9 Å². The van der Waals surface area contributed by atoms with Gasteiger partial charge >= 0.3 is 5.97 Å². The van der Waals surface area contributed by atoms with Gasteiger partial charge in [-0.1, -0.05) is 6.92 Å². The van der Waals surface area contributed by atoms with Crippen LogP contribution < -0.4 is 0 Å². The lowest BCUT2D eigenvalue weighted by Gasteiger charge is -2.18. The molecule has 62 valence electrons. The molecule has 0 aliphatic heterocycles. The van der Waals surface area contributed by atoms with E-state index in [0.29, 0.717) is 6.42 Å². The predicted molar refractivity (Wildman–Crippen MR) is 39.2 cm³/mol. The van der Waals surface area contributed by atoms with Gasteiger partial charge < -0.3 is 5.11 Å². The van der Waals surface area contributed by atoms with Crippen molar-refractivity contribution >= 4 is 11.8 Å². The molecule has 1 rings (SSSR count). The first-order valence-corrected chi connectivity index (χ1v) is 3.80. The van der Waals surface area contributed by atoms with Crippen LogP contribution in [0.15, 0.2) is 0 Å². The molecule has 1 N–H and O–H groups in total. The number of carbonyl (C=O) groups excluding carboxylic acids is 1. The van der Waals surface area contributed by atoms with E-state index in [1.807, 2.05) is 0 Å². The molecule has 0 heterocycles. The van der Waals surface area contributed by atoms with Crippen molar-refractivity contribution in [1.29, 1.82) is 0 Å². The molecule has 0 amide bonds. The molecular formula is C8H12O3. The molecule has 1 saturated carbocycles. The fourth-order valence-corrected chi connectivity index (χ4v) is 1.60. The number of aliphatic carboxylic acids is 1. The number of hydrogen-bond donors (Lipinski definition) is 1. The molecule has 0 aromatic heterocycles. The molecule has 3 heteroatoms. The summed E-state index contributed by atoms with van der Waals surface area (Å²) in [5, 5.41) is 8.50. The molecule has 3 nitrogen and oxygen atoms in total. The van der Waals surface area contributed by atoms with Gasteiger partial charge in [0.15, 0.2) is 0 Å². The largest absolute Gasteiger partial charge is 0.481 e. The first-order valence-electron chi connectivity index (χ1n) is 3.80. The van der Waals surface area contributed by atoms with E-state index in [0.717, 1.165) is 12.8 Å². The molecule has 0 radical (unpaired) electrons. The Bertz CT molecular complexity index is 198. The molecule has 1 aliphatic carbocycles. The Morgan fingerprint density at radius 2 is 2.36 bits per heavy atom. The van der Waals surface area contributed by atoms with Crippen molar-refractivity contribution in [1.82, 2.24) is 0 Å². The van der Waals surface area contributed by atoms with Crippen LogP contribution in [0.4, 0.5) is 0 Å². The summed E-state index contributed by atoms with van der Waals surface area (Å²) in [5.41, 5.74) is -0.564. The standard InChI is InChI=1S/C8H12O3/c1-8(5-7(10)11)4-2-3-6(8)9/h2-5H2,1H3,(H,10,11). The fraction of sp³-hybridized carbons (Fsp3) is 0.750. The van der Waals surface area contributed by atoms with Crippen LogP contribution in [0.25, 0.3) is 0 Å². The topological polar surface area (TPSA) is 54.4 Å². The van der Waals surface area contributed by atoms with Gasteiger partial charge in [-0.05, 0) is 12.8 Å². The summed E-state index contributed by atoms with van der Waals surface area (Å²) in [6.07, 6.45) is 2.14. The number of hydrogen-bond acceptors (Lipinski definition) is 2. The molecule has 1 unspecified atom stereocenters. The van der Waals surface area contributed by atoms with E-state index in [2.05, 4.69) is 0 Å². The van der Waals surface area contributed by atoms with Gasteiger partial charge in [-0.2, -0.15) is 0 Å². The summed E-state index contributed by atoms with van der Waals surface area (Å²) in [6, 6.07) is 0. The number of carbonyl (C=O) groups is 2. The third kappa shape index (κ3) is 1.59. The van der Waals surface area contributed by atoms with Gasteiger partial charge in [-0.15, -0.1) is 0 Å². The highest BCUT2D eigenvalue weighted by Gasteiger charge is 2.38. The molecule has 0 bridgehead atoms. The second-order valence-electron chi connectivity index (χ2n) is 3.41. The van der Waals surface area contributed by atoms with E-state index < -0.39 is 11.4 Å². The van der Waals surface area contributed by atoms with E-state index in [1.165, 1.54) is 0 Å². The highest BCUT2D eigenvalue weighted by Crippen LogP contribution is 2.37. The lowest BCUT2D eigenvalue weighted by atomic mass is 9.84. The summed E-state index contributed by atoms with van der Waals surface area (Å²) >= 11 is 0. The summed E-state index contributed by atoms with van der Waals surface area (Å²) in [7, 11) is 0. The molecule has 0 spiro atoms. The summed E-state index contributed by atoms with van der Waals surface area (Å²) in [4.78, 5) is 21.5. The molecule has 0 saturated heterocycles. The van der Waals surface area contributed by atoms with Gasteiger partial charge in [-0.25, -0.2) is 0 Å². The normalized spacial score (nSPS) is 30.8. The number of Topliss-reactive ketones (excluding diaryl/α,β-unsaturated/α-hetero) is 1. The van der Waals surface area contributed by atoms with E-state index >= 15 is 0 Å². The van der Waals surface area contributed by atoms with Crippen molar-refractivity contribution < 1.29 is 14.7 Å². The Hall–Kier alpha value is -0.860. The summed E-state index contributed by atoms with van der Waals surface area (Å²) in [5.74, 6) is -0.761. The molecule has 0 aromatic rings. The zero-order valence-corrected chi connectivity index (χ0v) is 6.59. The Balaban J connectivity index is 2.65. The maximum absolute atomic E-state index is 11.2. The van der Waals surface area contributed by atoms with Gasteiger partial charge in [0, 0.05) is 11.8 Å². The van der Waals surface area contributed by atoms with Crippen molar-refractivity contribution in [2.45, 2.75) is 32.6 Å². The number of carboxylic acids is 1. The van der Waals surface area contributed by atoms with E-state index in [9.17, 15) is 9.59 Å². The minimum atomic E-state index is -0.872. The first kappa shape index (κ1) is 8.24. The van der Waals surface area contributed by atoms with Crippen LogP contribution in [0.5, 0.6) is 0 Å². The third-order valence-electron chi connectivity index (χ3n) is 2.35. The summed E-state index contributed by atoms with van der Waals surface area (Å²) in [6.45, 7) is 1.75. The van der Waals surface area contributed by atoms with E-state index in [-0.39, 0.29) is 12.2 Å². The van der Waals surface area contributed by atoms with E-state index in [4.69, 9.17) is 5.11 Å². The number of carboxylic acid groups (broad SMARTS) is 1. The maximum atomic E-state index is 11.2. The number of rotatable bonds is 2. The first-order chi connectivity index (χ1) is 5.04. The van der Waals surface area contributed by atoms with Gasteiger partial charge in [0.25, 0.3) is 0 Å². The van der Waals surface area contributed by atoms with Crippen molar-refractivity contribution in [3.8, 4) is 0 Å². The van der Waals surface area contributed by atoms with Crippen LogP contribution in [-0.2, 0) is 9.59 Å². The minimum absolute atomic E-state index is 0.00810. The Morgan fingerprint density at radius 3 is 2.73 bits per heavy atom. The monoisotopic (exact) mass is 156 g/mol. The SMILES string of the molecule is CC1(CC(=O)O)CCCC1=O. The highest BCUT2D eigenvalue weighted by atomic mass is 16.4. The van der Waals surface area contributed by atoms with Crippen LogP contribution in [0.3, 0.4) is 0 Å². The molecular weight excluding hydrogens is 144 g/mol. The van der Waals surface area contributed by atoms with Crippen molar-refractivity contribution in [3.05, 3.63) is 0 Å². The van der Waals surface area contributed by atoms with Crippen molar-refractivity contribution in [3.63, 3.8) is 0 Å². The molecule has 1 aliphatic rings. The van der Waals surface area contributed by atoms with Crippen molar-refractivity contribution in [2.24, 2.45) is 5.41 Å². The Morgan fingerprint density at radius 1 is 1.73 bits per heavy atom. The summed E-state index contributed by atoms with van der Waals surface area (Å²) < 4.78 is 0. The van der Waals surface area contributed by atoms with Crippen molar-refractivity contribution in [2.75, 3.05) is 0 Å². The Kier molecular flexibility index (Phi) is 1.98. The van der Waals surface area contributed by atoms with Gasteiger partial charge in [0.1, 0.15) is 5.78 Å². The third-order valence-corrected chi connectivity index (χ3v) is 2.35. The second kappa shape index (κ2) is 2.64. The predicted octanol–water partition coefficient (Wildman–Crippen LogP) is 1.22. The molecule has 1 fully saturated rings. The number of ketones is 1. The smallest absolute Gasteiger partial charge is 0.304 e. The van der Waals surface area contributed by atoms with Crippen LogP contribution in [0.1, 0.15) is 32.6 Å². The molecule has 1 atom stereocenters. The average Bonchev–Trinajstić information content (AvgIpc) is 2.11. The van der Waals surface area contributed by atoms with Gasteiger partial charge in [0.05, 0.1) is 6.42 Å². The quantitative estimate of drug-likeness (QED) is 0.654. The fourth-order valence-electron chi connectivity index (χ4n) is 1.60. The molecule has 0 aromatic carbocycles. The zero-order valence-electron chi connectivity index (χ0n) is 6.59. The zero-order chi connectivity index (χ0) is 8.48. The molecule has 11 heavy (non-hydrogen) atoms. The van der Waals surface area contributed by atoms with Gasteiger partial charge in [-0.3, -0.25) is 9.59 Å². The maximum Gasteiger partial charge on any atom is 0.304 e. The van der Waals surface area contributed by atoms with Crippen LogP contribution in [0, 0.1) is 5.41 Å².